The molecule has 1 unspecified atom stereocenters. The summed E-state index contributed by atoms with van der Waals surface area (Å²) in [4.78, 5) is 27.6. The molecule has 2 amide bonds. The summed E-state index contributed by atoms with van der Waals surface area (Å²) in [7, 11) is 0. The van der Waals surface area contributed by atoms with Gasteiger partial charge in [-0.2, -0.15) is 4.99 Å². The number of amidine groups is 1. The number of aliphatic imine (C=N–C) groups is 1. The Labute approximate surface area is 101 Å². The van der Waals surface area contributed by atoms with Gasteiger partial charge in [-0.1, -0.05) is 26.2 Å². The molecule has 1 saturated carbocycles. The maximum Gasteiger partial charge on any atom is 0.259 e. The fourth-order valence-corrected chi connectivity index (χ4v) is 2.55. The first-order valence-corrected chi connectivity index (χ1v) is 6.29. The van der Waals surface area contributed by atoms with Gasteiger partial charge in [-0.3, -0.25) is 9.59 Å². The van der Waals surface area contributed by atoms with Gasteiger partial charge in [0.05, 0.1) is 5.54 Å². The van der Waals surface area contributed by atoms with Crippen LogP contribution in [0, 0.1) is 5.92 Å². The molecule has 1 heterocycles. The van der Waals surface area contributed by atoms with E-state index in [1.54, 1.807) is 0 Å². The van der Waals surface area contributed by atoms with E-state index in [0.717, 1.165) is 32.1 Å². The first-order valence-electron chi connectivity index (χ1n) is 6.29. The van der Waals surface area contributed by atoms with Gasteiger partial charge in [-0.25, -0.2) is 0 Å². The Balaban J connectivity index is 2.19. The van der Waals surface area contributed by atoms with Crippen LogP contribution in [0.1, 0.15) is 45.4 Å². The highest BCUT2D eigenvalue weighted by Gasteiger charge is 2.41. The van der Waals surface area contributed by atoms with Crippen LogP contribution in [-0.4, -0.2) is 23.2 Å². The maximum atomic E-state index is 11.8. The summed E-state index contributed by atoms with van der Waals surface area (Å²) >= 11 is 0. The minimum Gasteiger partial charge on any atom is -0.319 e. The number of nitrogens with two attached hydrogens (primary N) is 1. The fraction of sp³-hybridized carbons (Fsp3) is 0.750. The van der Waals surface area contributed by atoms with Crippen molar-refractivity contribution in [3.8, 4) is 0 Å². The van der Waals surface area contributed by atoms with Crippen molar-refractivity contribution in [1.29, 1.82) is 0 Å². The maximum absolute atomic E-state index is 11.8. The zero-order chi connectivity index (χ0) is 12.5. The molecular weight excluding hydrogens is 218 g/mol. The molecule has 3 N–H and O–H groups in total. The molecule has 0 radical (unpaired) electrons. The van der Waals surface area contributed by atoms with Crippen molar-refractivity contribution in [3.05, 3.63) is 0 Å². The second kappa shape index (κ2) is 4.56. The van der Waals surface area contributed by atoms with Crippen molar-refractivity contribution in [2.24, 2.45) is 16.6 Å². The molecule has 94 valence electrons. The average Bonchev–Trinajstić information content (AvgIpc) is 2.72. The lowest BCUT2D eigenvalue weighted by molar-refractivity contribution is -0.133. The summed E-state index contributed by atoms with van der Waals surface area (Å²) in [6.07, 6.45) is 4.98. The highest BCUT2D eigenvalue weighted by molar-refractivity contribution is 6.18. The Morgan fingerprint density at radius 2 is 2.06 bits per heavy atom. The third kappa shape index (κ3) is 2.24. The van der Waals surface area contributed by atoms with Crippen molar-refractivity contribution >= 4 is 17.6 Å². The van der Waals surface area contributed by atoms with Crippen LogP contribution in [0.15, 0.2) is 4.99 Å². The number of hydrogen-bond acceptors (Lipinski definition) is 3. The zero-order valence-corrected chi connectivity index (χ0v) is 10.2. The van der Waals surface area contributed by atoms with Crippen molar-refractivity contribution in [3.63, 3.8) is 0 Å². The van der Waals surface area contributed by atoms with Crippen LogP contribution < -0.4 is 11.1 Å². The lowest BCUT2D eigenvalue weighted by Gasteiger charge is -2.30. The molecule has 5 heteroatoms. The average molecular weight is 237 g/mol. The van der Waals surface area contributed by atoms with Gasteiger partial charge < -0.3 is 11.1 Å². The monoisotopic (exact) mass is 237 g/mol. The molecule has 1 atom stereocenters. The van der Waals surface area contributed by atoms with Crippen LogP contribution in [-0.2, 0) is 9.59 Å². The van der Waals surface area contributed by atoms with Crippen LogP contribution in [0.5, 0.6) is 0 Å². The number of carbonyl (C=O) groups excluding carboxylic acids is 2. The molecule has 0 saturated heterocycles. The fourth-order valence-electron chi connectivity index (χ4n) is 2.55. The molecule has 0 aromatic rings. The largest absolute Gasteiger partial charge is 0.319 e. The standard InChI is InChI=1S/C12H19N3O2/c1-2-5-8-9(16)14-11(15-10(8)17)12(13)6-3-4-7-12/h8H,2-7,13H2,1H3,(H,14,15,16,17). The molecule has 0 spiro atoms. The van der Waals surface area contributed by atoms with E-state index in [9.17, 15) is 9.59 Å². The van der Waals surface area contributed by atoms with Gasteiger partial charge in [0.1, 0.15) is 11.8 Å². The Morgan fingerprint density at radius 1 is 1.41 bits per heavy atom. The predicted octanol–water partition coefficient (Wildman–Crippen LogP) is 0.729. The normalized spacial score (nSPS) is 27.9. The Hall–Kier alpha value is -1.23. The SMILES string of the molecule is CCCC1C(=O)N=C(C2(N)CCCC2)NC1=O. The van der Waals surface area contributed by atoms with E-state index in [1.165, 1.54) is 0 Å². The third-order valence-electron chi connectivity index (χ3n) is 3.62. The number of carbonyl (C=O) groups is 2. The van der Waals surface area contributed by atoms with Crippen LogP contribution >= 0.6 is 0 Å². The molecular formula is C12H19N3O2. The van der Waals surface area contributed by atoms with E-state index < -0.39 is 11.5 Å². The minimum absolute atomic E-state index is 0.237. The number of amides is 2. The van der Waals surface area contributed by atoms with Gasteiger partial charge >= 0.3 is 0 Å². The topological polar surface area (TPSA) is 84.6 Å². The van der Waals surface area contributed by atoms with Crippen molar-refractivity contribution in [2.45, 2.75) is 51.0 Å². The van der Waals surface area contributed by atoms with Gasteiger partial charge in [0, 0.05) is 0 Å². The van der Waals surface area contributed by atoms with Crippen LogP contribution in [0.4, 0.5) is 0 Å². The third-order valence-corrected chi connectivity index (χ3v) is 3.62. The lowest BCUT2D eigenvalue weighted by Crippen LogP contribution is -2.57. The van der Waals surface area contributed by atoms with Gasteiger partial charge in [0.25, 0.3) is 5.91 Å². The smallest absolute Gasteiger partial charge is 0.259 e. The molecule has 17 heavy (non-hydrogen) atoms. The molecule has 5 nitrogen and oxygen atoms in total. The first-order chi connectivity index (χ1) is 8.07. The Morgan fingerprint density at radius 3 is 2.59 bits per heavy atom. The van der Waals surface area contributed by atoms with Gasteiger partial charge in [-0.15, -0.1) is 0 Å². The zero-order valence-electron chi connectivity index (χ0n) is 10.2. The Kier molecular flexibility index (Phi) is 3.28. The molecule has 1 fully saturated rings. The number of nitrogens with one attached hydrogen (secondary N) is 1. The van der Waals surface area contributed by atoms with Crippen molar-refractivity contribution in [2.75, 3.05) is 0 Å². The number of hydrogen-bond donors (Lipinski definition) is 2. The molecule has 1 aliphatic heterocycles. The van der Waals surface area contributed by atoms with Crippen LogP contribution in [0.3, 0.4) is 0 Å². The number of rotatable bonds is 3. The van der Waals surface area contributed by atoms with Gasteiger partial charge in [0.15, 0.2) is 0 Å². The molecule has 1 aliphatic carbocycles. The van der Waals surface area contributed by atoms with E-state index in [2.05, 4.69) is 10.3 Å². The quantitative estimate of drug-likeness (QED) is 0.710. The van der Waals surface area contributed by atoms with E-state index in [4.69, 9.17) is 5.73 Å². The van der Waals surface area contributed by atoms with Gasteiger partial charge in [-0.05, 0) is 19.3 Å². The molecule has 0 aromatic carbocycles. The summed E-state index contributed by atoms with van der Waals surface area (Å²) < 4.78 is 0. The second-order valence-corrected chi connectivity index (χ2v) is 4.99. The van der Waals surface area contributed by atoms with Gasteiger partial charge in [0.2, 0.25) is 5.91 Å². The molecule has 0 bridgehead atoms. The van der Waals surface area contributed by atoms with Crippen molar-refractivity contribution in [1.82, 2.24) is 5.32 Å². The van der Waals surface area contributed by atoms with Crippen LogP contribution in [0.2, 0.25) is 0 Å². The summed E-state index contributed by atoms with van der Waals surface area (Å²) in [6, 6.07) is 0. The summed E-state index contributed by atoms with van der Waals surface area (Å²) in [5, 5.41) is 2.73. The van der Waals surface area contributed by atoms with E-state index >= 15 is 0 Å². The molecule has 2 aliphatic rings. The lowest BCUT2D eigenvalue weighted by atomic mass is 9.93. The number of nitrogens with zero attached hydrogens (tertiary/aromatic N) is 1. The summed E-state index contributed by atoms with van der Waals surface area (Å²) in [5.74, 6) is -0.799. The minimum atomic E-state index is -0.617. The van der Waals surface area contributed by atoms with E-state index in [-0.39, 0.29) is 11.8 Å². The summed E-state index contributed by atoms with van der Waals surface area (Å²) in [5.41, 5.74) is 5.59. The highest BCUT2D eigenvalue weighted by atomic mass is 16.2. The summed E-state index contributed by atoms with van der Waals surface area (Å²) in [6.45, 7) is 1.95. The molecule has 0 aromatic heterocycles. The van der Waals surface area contributed by atoms with E-state index in [1.807, 2.05) is 6.92 Å². The highest BCUT2D eigenvalue weighted by Crippen LogP contribution is 2.29. The van der Waals surface area contributed by atoms with Crippen LogP contribution in [0.25, 0.3) is 0 Å². The molecule has 2 rings (SSSR count). The first kappa shape index (κ1) is 12.2. The Bertz CT molecular complexity index is 370. The second-order valence-electron chi connectivity index (χ2n) is 4.99. The van der Waals surface area contributed by atoms with Crippen molar-refractivity contribution < 1.29 is 9.59 Å². The predicted molar refractivity (Wildman–Crippen MR) is 64.4 cm³/mol. The van der Waals surface area contributed by atoms with E-state index in [0.29, 0.717) is 12.3 Å².